The van der Waals surface area contributed by atoms with Gasteiger partial charge >= 0.3 is 5.97 Å². The predicted molar refractivity (Wildman–Crippen MR) is 43.7 cm³/mol. The first-order chi connectivity index (χ1) is 5.74. The van der Waals surface area contributed by atoms with Crippen molar-refractivity contribution in [2.75, 3.05) is 6.61 Å². The van der Waals surface area contributed by atoms with Crippen molar-refractivity contribution in [2.45, 2.75) is 13.8 Å². The number of esters is 1. The zero-order chi connectivity index (χ0) is 8.97. The SMILES string of the molecule is CCOC(=O)c1cc[nH+]c(C)c1.[Br-]. The largest absolute Gasteiger partial charge is 1.00 e. The van der Waals surface area contributed by atoms with Gasteiger partial charge in [-0.15, -0.1) is 0 Å². The Balaban J connectivity index is 0.00000144. The van der Waals surface area contributed by atoms with Crippen LogP contribution < -0.4 is 22.0 Å². The predicted octanol–water partition coefficient (Wildman–Crippen LogP) is -2.01. The molecule has 0 aliphatic carbocycles. The first kappa shape index (κ1) is 12.1. The van der Waals surface area contributed by atoms with E-state index in [-0.39, 0.29) is 23.0 Å². The van der Waals surface area contributed by atoms with Crippen LogP contribution in [0.5, 0.6) is 0 Å². The lowest BCUT2D eigenvalue weighted by molar-refractivity contribution is -0.387. The minimum Gasteiger partial charge on any atom is -1.00 e. The van der Waals surface area contributed by atoms with E-state index in [0.717, 1.165) is 5.69 Å². The molecule has 0 fully saturated rings. The van der Waals surface area contributed by atoms with Crippen LogP contribution in [0.4, 0.5) is 0 Å². The van der Waals surface area contributed by atoms with Crippen molar-refractivity contribution in [1.82, 2.24) is 0 Å². The second-order valence-corrected chi connectivity index (χ2v) is 2.48. The van der Waals surface area contributed by atoms with E-state index in [9.17, 15) is 4.79 Å². The molecule has 4 heteroatoms. The molecule has 0 amide bonds. The fraction of sp³-hybridized carbons (Fsp3) is 0.333. The van der Waals surface area contributed by atoms with Crippen LogP contribution in [-0.2, 0) is 4.74 Å². The van der Waals surface area contributed by atoms with Crippen molar-refractivity contribution >= 4 is 5.97 Å². The molecule has 0 aliphatic rings. The summed E-state index contributed by atoms with van der Waals surface area (Å²) in [7, 11) is 0. The Morgan fingerprint density at radius 1 is 1.62 bits per heavy atom. The van der Waals surface area contributed by atoms with Gasteiger partial charge in [-0.3, -0.25) is 0 Å². The lowest BCUT2D eigenvalue weighted by Gasteiger charge is -1.98. The fourth-order valence-electron chi connectivity index (χ4n) is 0.927. The van der Waals surface area contributed by atoms with Crippen molar-refractivity contribution in [1.29, 1.82) is 0 Å². The summed E-state index contributed by atoms with van der Waals surface area (Å²) < 4.78 is 4.83. The molecule has 0 atom stereocenters. The summed E-state index contributed by atoms with van der Waals surface area (Å²) in [5.41, 5.74) is 1.54. The minimum atomic E-state index is -0.269. The Bertz CT molecular complexity index is 289. The van der Waals surface area contributed by atoms with Gasteiger partial charge < -0.3 is 21.7 Å². The summed E-state index contributed by atoms with van der Waals surface area (Å²) >= 11 is 0. The van der Waals surface area contributed by atoms with E-state index in [1.807, 2.05) is 6.92 Å². The number of pyridine rings is 1. The van der Waals surface area contributed by atoms with Crippen LogP contribution in [0.2, 0.25) is 0 Å². The molecule has 0 aromatic carbocycles. The highest BCUT2D eigenvalue weighted by atomic mass is 79.9. The average Bonchev–Trinajstić information content (AvgIpc) is 2.05. The van der Waals surface area contributed by atoms with Gasteiger partial charge in [-0.2, -0.15) is 0 Å². The van der Waals surface area contributed by atoms with Gasteiger partial charge in [0.05, 0.1) is 12.2 Å². The van der Waals surface area contributed by atoms with E-state index >= 15 is 0 Å². The lowest BCUT2D eigenvalue weighted by atomic mass is 10.2. The number of aryl methyl sites for hydroxylation is 1. The summed E-state index contributed by atoms with van der Waals surface area (Å²) in [6.45, 7) is 4.10. The van der Waals surface area contributed by atoms with Crippen LogP contribution >= 0.6 is 0 Å². The maximum absolute atomic E-state index is 11.2. The summed E-state index contributed by atoms with van der Waals surface area (Å²) in [5, 5.41) is 0. The molecule has 1 rings (SSSR count). The third-order valence-corrected chi connectivity index (χ3v) is 1.46. The number of carbonyl (C=O) groups is 1. The highest BCUT2D eigenvalue weighted by molar-refractivity contribution is 5.89. The van der Waals surface area contributed by atoms with Crippen LogP contribution in [-0.4, -0.2) is 12.6 Å². The van der Waals surface area contributed by atoms with Crippen LogP contribution in [0.1, 0.15) is 23.0 Å². The zero-order valence-electron chi connectivity index (χ0n) is 7.63. The smallest absolute Gasteiger partial charge is 0.338 e. The van der Waals surface area contributed by atoms with Gasteiger partial charge in [-0.05, 0) is 6.92 Å². The Morgan fingerprint density at radius 3 is 2.85 bits per heavy atom. The van der Waals surface area contributed by atoms with E-state index in [4.69, 9.17) is 4.74 Å². The van der Waals surface area contributed by atoms with E-state index in [1.54, 1.807) is 25.3 Å². The minimum absolute atomic E-state index is 0. The van der Waals surface area contributed by atoms with Crippen LogP contribution in [0.25, 0.3) is 0 Å². The number of halogens is 1. The van der Waals surface area contributed by atoms with Crippen LogP contribution in [0.3, 0.4) is 0 Å². The van der Waals surface area contributed by atoms with Crippen LogP contribution in [0, 0.1) is 6.92 Å². The second-order valence-electron chi connectivity index (χ2n) is 2.48. The highest BCUT2D eigenvalue weighted by Gasteiger charge is 2.07. The maximum atomic E-state index is 11.2. The summed E-state index contributed by atoms with van der Waals surface area (Å²) in [6, 6.07) is 3.46. The van der Waals surface area contributed by atoms with Crippen molar-refractivity contribution in [3.8, 4) is 0 Å². The van der Waals surface area contributed by atoms with Gasteiger partial charge in [-0.25, -0.2) is 9.78 Å². The number of aromatic amines is 1. The Morgan fingerprint density at radius 2 is 2.31 bits per heavy atom. The Hall–Kier alpha value is -0.900. The van der Waals surface area contributed by atoms with E-state index in [2.05, 4.69) is 4.98 Å². The van der Waals surface area contributed by atoms with Gasteiger partial charge in [0.15, 0.2) is 11.9 Å². The molecule has 0 aliphatic heterocycles. The Kier molecular flexibility index (Phi) is 5.30. The molecule has 13 heavy (non-hydrogen) atoms. The third kappa shape index (κ3) is 3.55. The van der Waals surface area contributed by atoms with Gasteiger partial charge in [0.1, 0.15) is 0 Å². The molecule has 0 saturated carbocycles. The van der Waals surface area contributed by atoms with Crippen molar-refractivity contribution in [2.24, 2.45) is 0 Å². The Labute approximate surface area is 87.9 Å². The standard InChI is InChI=1S/C9H11NO2.BrH/c1-3-12-9(11)8-4-5-10-7(2)6-8;/h4-6H,3H2,1-2H3;1H. The topological polar surface area (TPSA) is 40.4 Å². The number of nitrogens with one attached hydrogen (secondary N) is 1. The quantitative estimate of drug-likeness (QED) is 0.566. The number of ether oxygens (including phenoxy) is 1. The molecule has 3 nitrogen and oxygen atoms in total. The number of rotatable bonds is 2. The lowest BCUT2D eigenvalue weighted by Crippen LogP contribution is -3.00. The summed E-state index contributed by atoms with van der Waals surface area (Å²) in [5.74, 6) is -0.269. The highest BCUT2D eigenvalue weighted by Crippen LogP contribution is 2.00. The molecular formula is C9H12BrNO2. The number of carbonyl (C=O) groups excluding carboxylic acids is 1. The zero-order valence-corrected chi connectivity index (χ0v) is 9.22. The molecule has 0 bridgehead atoms. The molecule has 1 aromatic heterocycles. The first-order valence-electron chi connectivity index (χ1n) is 3.89. The van der Waals surface area contributed by atoms with Crippen molar-refractivity contribution in [3.63, 3.8) is 0 Å². The number of aromatic nitrogens is 1. The number of hydrogen-bond donors (Lipinski definition) is 0. The second kappa shape index (κ2) is 5.70. The van der Waals surface area contributed by atoms with Gasteiger partial charge in [0, 0.05) is 19.1 Å². The van der Waals surface area contributed by atoms with Gasteiger partial charge in [0.25, 0.3) is 0 Å². The van der Waals surface area contributed by atoms with E-state index < -0.39 is 0 Å². The van der Waals surface area contributed by atoms with Gasteiger partial charge in [0.2, 0.25) is 0 Å². The average molecular weight is 246 g/mol. The number of hydrogen-bond acceptors (Lipinski definition) is 2. The maximum Gasteiger partial charge on any atom is 0.338 e. The van der Waals surface area contributed by atoms with Crippen molar-refractivity contribution in [3.05, 3.63) is 29.6 Å². The molecular weight excluding hydrogens is 234 g/mol. The molecule has 1 N–H and O–H groups in total. The fourth-order valence-corrected chi connectivity index (χ4v) is 0.927. The normalized spacial score (nSPS) is 8.77. The third-order valence-electron chi connectivity index (χ3n) is 1.46. The molecule has 72 valence electrons. The van der Waals surface area contributed by atoms with E-state index in [1.165, 1.54) is 0 Å². The number of H-pyrrole nitrogens is 1. The summed E-state index contributed by atoms with van der Waals surface area (Å²) in [6.07, 6.45) is 1.72. The molecule has 1 aromatic rings. The molecule has 0 spiro atoms. The molecule has 0 saturated heterocycles. The van der Waals surface area contributed by atoms with Gasteiger partial charge in [-0.1, -0.05) is 0 Å². The first-order valence-corrected chi connectivity index (χ1v) is 3.89. The monoisotopic (exact) mass is 245 g/mol. The molecule has 1 heterocycles. The van der Waals surface area contributed by atoms with Crippen molar-refractivity contribution < 1.29 is 31.5 Å². The van der Waals surface area contributed by atoms with E-state index in [0.29, 0.717) is 12.2 Å². The molecule has 0 radical (unpaired) electrons. The van der Waals surface area contributed by atoms with Crippen LogP contribution in [0.15, 0.2) is 18.3 Å². The summed E-state index contributed by atoms with van der Waals surface area (Å²) in [4.78, 5) is 14.1. The molecule has 0 unspecified atom stereocenters.